The van der Waals surface area contributed by atoms with Crippen LogP contribution in [0.1, 0.15) is 24.0 Å². The number of ketones is 2. The Morgan fingerprint density at radius 2 is 1.86 bits per heavy atom. The minimum Gasteiger partial charge on any atom is -0.508 e. The third-order valence-corrected chi connectivity index (χ3v) is 6.76. The van der Waals surface area contributed by atoms with E-state index in [0.29, 0.717) is 15.6 Å². The van der Waals surface area contributed by atoms with Crippen molar-refractivity contribution in [1.29, 1.82) is 0 Å². The lowest BCUT2D eigenvalue weighted by Crippen LogP contribution is -2.58. The first-order valence-corrected chi connectivity index (χ1v) is 9.64. The number of benzene rings is 1. The van der Waals surface area contributed by atoms with Crippen molar-refractivity contribution in [3.63, 3.8) is 0 Å². The third kappa shape index (κ3) is 2.29. The second-order valence-electron chi connectivity index (χ2n) is 7.34. The number of fused-ring (bicyclic) bond motifs is 3. The van der Waals surface area contributed by atoms with Crippen LogP contribution in [0.5, 0.6) is 5.75 Å². The van der Waals surface area contributed by atoms with Gasteiger partial charge in [-0.15, -0.1) is 0 Å². The van der Waals surface area contributed by atoms with Gasteiger partial charge in [-0.2, -0.15) is 0 Å². The molecule has 1 fully saturated rings. The van der Waals surface area contributed by atoms with Gasteiger partial charge in [0.2, 0.25) is 5.78 Å². The number of rotatable bonds is 1. The van der Waals surface area contributed by atoms with Crippen molar-refractivity contribution in [3.8, 4) is 5.75 Å². The van der Waals surface area contributed by atoms with Gasteiger partial charge in [0.25, 0.3) is 5.91 Å². The number of Topliss-reactive ketones (excluding diaryl/α,β-unsaturated/α-hetero) is 2. The molecule has 0 spiro atoms. The number of halogens is 1. The number of aromatic hydroxyl groups is 1. The summed E-state index contributed by atoms with van der Waals surface area (Å²) in [5, 5.41) is 42.6. The van der Waals surface area contributed by atoms with Gasteiger partial charge in [0.15, 0.2) is 11.4 Å². The van der Waals surface area contributed by atoms with Crippen molar-refractivity contribution in [2.75, 3.05) is 0 Å². The van der Waals surface area contributed by atoms with Crippen molar-refractivity contribution in [1.82, 2.24) is 0 Å². The summed E-state index contributed by atoms with van der Waals surface area (Å²) in [6.45, 7) is 0. The number of aliphatic hydroxyl groups is 3. The van der Waals surface area contributed by atoms with Gasteiger partial charge in [0, 0.05) is 17.9 Å². The van der Waals surface area contributed by atoms with E-state index >= 15 is 0 Å². The number of amides is 1. The Labute approximate surface area is 172 Å². The maximum atomic E-state index is 13.2. The fourth-order valence-corrected chi connectivity index (χ4v) is 5.02. The van der Waals surface area contributed by atoms with E-state index in [0.717, 1.165) is 0 Å². The molecule has 0 heterocycles. The zero-order valence-corrected chi connectivity index (χ0v) is 16.6. The van der Waals surface area contributed by atoms with Crippen molar-refractivity contribution < 1.29 is 34.8 Å². The minimum absolute atomic E-state index is 0.110. The van der Waals surface area contributed by atoms with Gasteiger partial charge in [0.1, 0.15) is 22.8 Å². The van der Waals surface area contributed by atoms with E-state index in [1.807, 2.05) is 22.6 Å². The summed E-state index contributed by atoms with van der Waals surface area (Å²) in [6.07, 6.45) is 0.133. The molecule has 9 heteroatoms. The smallest absolute Gasteiger partial charge is 0.255 e. The Balaban J connectivity index is 1.94. The van der Waals surface area contributed by atoms with E-state index in [4.69, 9.17) is 5.73 Å². The molecular weight excluding hydrogens is 481 g/mol. The van der Waals surface area contributed by atoms with Gasteiger partial charge < -0.3 is 26.2 Å². The quantitative estimate of drug-likeness (QED) is 0.286. The number of hydrogen-bond donors (Lipinski definition) is 5. The van der Waals surface area contributed by atoms with Crippen LogP contribution in [0.3, 0.4) is 0 Å². The second kappa shape index (κ2) is 6.05. The second-order valence-corrected chi connectivity index (χ2v) is 8.50. The number of carbonyl (C=O) groups is 3. The Kier molecular flexibility index (Phi) is 4.09. The van der Waals surface area contributed by atoms with Crippen molar-refractivity contribution in [2.24, 2.45) is 17.6 Å². The molecule has 0 aliphatic heterocycles. The fourth-order valence-electron chi connectivity index (χ4n) is 4.57. The lowest BCUT2D eigenvalue weighted by Gasteiger charge is -2.46. The van der Waals surface area contributed by atoms with E-state index < -0.39 is 52.0 Å². The number of phenolic OH excluding ortho intramolecular Hbond substituents is 1. The molecule has 6 N–H and O–H groups in total. The molecule has 1 saturated carbocycles. The molecule has 3 aliphatic rings. The van der Waals surface area contributed by atoms with Gasteiger partial charge in [-0.25, -0.2) is 0 Å². The average molecular weight is 497 g/mol. The summed E-state index contributed by atoms with van der Waals surface area (Å²) in [7, 11) is 0. The highest BCUT2D eigenvalue weighted by Gasteiger charge is 2.60. The highest BCUT2D eigenvalue weighted by molar-refractivity contribution is 14.1. The maximum Gasteiger partial charge on any atom is 0.255 e. The van der Waals surface area contributed by atoms with Gasteiger partial charge >= 0.3 is 0 Å². The molecule has 1 aromatic rings. The summed E-state index contributed by atoms with van der Waals surface area (Å²) >= 11 is 1.89. The van der Waals surface area contributed by atoms with Crippen LogP contribution in [0.2, 0.25) is 0 Å². The number of phenols is 1. The van der Waals surface area contributed by atoms with E-state index in [1.165, 1.54) is 0 Å². The van der Waals surface area contributed by atoms with Gasteiger partial charge in [0.05, 0.1) is 9.13 Å². The van der Waals surface area contributed by atoms with E-state index in [2.05, 4.69) is 0 Å². The monoisotopic (exact) mass is 497 g/mol. The predicted molar refractivity (Wildman–Crippen MR) is 104 cm³/mol. The van der Waals surface area contributed by atoms with Crippen molar-refractivity contribution >= 4 is 45.8 Å². The number of primary amides is 1. The molecular formula is C19H16INO7. The number of aliphatic hydroxyl groups excluding tert-OH is 2. The first-order valence-electron chi connectivity index (χ1n) is 8.56. The van der Waals surface area contributed by atoms with E-state index in [1.54, 1.807) is 12.1 Å². The van der Waals surface area contributed by atoms with Crippen LogP contribution in [0, 0.1) is 15.4 Å². The third-order valence-electron chi connectivity index (χ3n) is 5.89. The largest absolute Gasteiger partial charge is 0.508 e. The van der Waals surface area contributed by atoms with Gasteiger partial charge in [-0.05, 0) is 53.0 Å². The standard InChI is InChI=1S/C19H16INO7/c20-9-2-1-6-3-7-4-8-5-10(22)13(18(21)27)17(26)19(8,28)16(25)12(7)15(24)11(6)14(9)23/h1-2,7-8,23-24,26,28H,3-5H2,(H2,21,27)/t7-,8-,19-/m0/s1. The lowest BCUT2D eigenvalue weighted by atomic mass is 9.59. The normalized spacial score (nSPS) is 29.4. The van der Waals surface area contributed by atoms with E-state index in [9.17, 15) is 34.8 Å². The Morgan fingerprint density at radius 1 is 1.18 bits per heavy atom. The molecule has 0 saturated heterocycles. The van der Waals surface area contributed by atoms with Crippen molar-refractivity contribution in [3.05, 3.63) is 43.7 Å². The summed E-state index contributed by atoms with van der Waals surface area (Å²) in [5.74, 6) is -6.11. The summed E-state index contributed by atoms with van der Waals surface area (Å²) < 4.78 is 0.476. The molecule has 1 aromatic carbocycles. The van der Waals surface area contributed by atoms with Gasteiger partial charge in [-0.3, -0.25) is 14.4 Å². The van der Waals surface area contributed by atoms with Crippen LogP contribution in [-0.4, -0.2) is 43.5 Å². The molecule has 0 unspecified atom stereocenters. The average Bonchev–Trinajstić information content (AvgIpc) is 2.61. The SMILES string of the molecule is NC(=O)C1=C(O)[C@@]2(O)C(=O)C3=C(O)c4c(ccc(I)c4O)C[C@H]3C[C@H]2CC1=O. The molecule has 8 nitrogen and oxygen atoms in total. The molecule has 146 valence electrons. The molecule has 3 atom stereocenters. The number of nitrogens with two attached hydrogens (primary N) is 1. The zero-order valence-electron chi connectivity index (χ0n) is 14.4. The summed E-state index contributed by atoms with van der Waals surface area (Å²) in [4.78, 5) is 37.0. The lowest BCUT2D eigenvalue weighted by molar-refractivity contribution is -0.147. The molecule has 0 bridgehead atoms. The Bertz CT molecular complexity index is 1040. The van der Waals surface area contributed by atoms with Crippen molar-refractivity contribution in [2.45, 2.75) is 24.9 Å². The topological polar surface area (TPSA) is 158 Å². The van der Waals surface area contributed by atoms with Crippen LogP contribution >= 0.6 is 22.6 Å². The first-order chi connectivity index (χ1) is 13.1. The Morgan fingerprint density at radius 3 is 2.50 bits per heavy atom. The van der Waals surface area contributed by atoms with Crippen LogP contribution in [0.15, 0.2) is 29.0 Å². The molecule has 1 amide bonds. The van der Waals surface area contributed by atoms with Crippen LogP contribution < -0.4 is 5.73 Å². The zero-order chi connectivity index (χ0) is 20.5. The van der Waals surface area contributed by atoms with Gasteiger partial charge in [-0.1, -0.05) is 6.07 Å². The van der Waals surface area contributed by atoms with Crippen LogP contribution in [-0.2, 0) is 20.8 Å². The molecule has 0 radical (unpaired) electrons. The highest BCUT2D eigenvalue weighted by Crippen LogP contribution is 2.52. The predicted octanol–water partition coefficient (Wildman–Crippen LogP) is 1.03. The molecule has 0 aromatic heterocycles. The number of hydrogen-bond acceptors (Lipinski definition) is 7. The summed E-state index contributed by atoms with van der Waals surface area (Å²) in [5.41, 5.74) is 2.44. The summed E-state index contributed by atoms with van der Waals surface area (Å²) in [6, 6.07) is 3.43. The molecule has 3 aliphatic carbocycles. The van der Waals surface area contributed by atoms with Crippen LogP contribution in [0.25, 0.3) is 5.76 Å². The highest BCUT2D eigenvalue weighted by atomic mass is 127. The minimum atomic E-state index is -2.52. The van der Waals surface area contributed by atoms with E-state index in [-0.39, 0.29) is 29.7 Å². The maximum absolute atomic E-state index is 13.2. The fraction of sp³-hybridized carbons (Fsp3) is 0.316. The molecule has 4 rings (SSSR count). The first kappa shape index (κ1) is 18.9. The van der Waals surface area contributed by atoms with Crippen LogP contribution in [0.4, 0.5) is 0 Å². The Hall–Kier alpha value is -2.40. The molecule has 28 heavy (non-hydrogen) atoms. The number of carbonyl (C=O) groups excluding carboxylic acids is 3.